The number of imide groups is 1. The van der Waals surface area contributed by atoms with Gasteiger partial charge in [0.25, 0.3) is 11.8 Å². The Labute approximate surface area is 208 Å². The van der Waals surface area contributed by atoms with Gasteiger partial charge >= 0.3 is 0 Å². The smallest absolute Gasteiger partial charge is 0.253 e. The molecule has 182 valence electrons. The first kappa shape index (κ1) is 23.5. The molecule has 1 aliphatic heterocycles. The average molecular weight is 482 g/mol. The Kier molecular flexibility index (Phi) is 6.62. The van der Waals surface area contributed by atoms with Gasteiger partial charge in [-0.15, -0.1) is 0 Å². The number of rotatable bonds is 10. The highest BCUT2D eigenvalue weighted by Gasteiger charge is 2.23. The molecule has 1 aliphatic rings. The summed E-state index contributed by atoms with van der Waals surface area (Å²) < 4.78 is 0. The predicted molar refractivity (Wildman–Crippen MR) is 140 cm³/mol. The Morgan fingerprint density at radius 1 is 0.694 bits per heavy atom. The molecule has 0 bridgehead atoms. The minimum absolute atomic E-state index is 0.0342. The van der Waals surface area contributed by atoms with Gasteiger partial charge in [0.05, 0.1) is 0 Å². The van der Waals surface area contributed by atoms with Gasteiger partial charge in [0.1, 0.15) is 0 Å². The van der Waals surface area contributed by atoms with E-state index in [1.165, 1.54) is 50.0 Å². The van der Waals surface area contributed by atoms with E-state index < -0.39 is 11.8 Å². The van der Waals surface area contributed by atoms with Crippen molar-refractivity contribution >= 4 is 55.9 Å². The molecule has 0 fully saturated rings. The fraction of sp³-hybridized carbons (Fsp3) is 0.241. The van der Waals surface area contributed by atoms with Crippen LogP contribution in [0.1, 0.15) is 24.8 Å². The molecule has 0 saturated heterocycles. The summed E-state index contributed by atoms with van der Waals surface area (Å²) in [6.45, 7) is 0.665. The van der Waals surface area contributed by atoms with Gasteiger partial charge in [0, 0.05) is 44.6 Å². The molecule has 0 aliphatic carbocycles. The van der Waals surface area contributed by atoms with Gasteiger partial charge in [-0.1, -0.05) is 54.6 Å². The number of hydrogen-bond donors (Lipinski definition) is 2. The highest BCUT2D eigenvalue weighted by molar-refractivity contribution is 6.23. The number of nitrogens with one attached hydrogen (secondary N) is 2. The molecule has 0 spiro atoms. The van der Waals surface area contributed by atoms with Crippen LogP contribution < -0.4 is 10.6 Å². The number of aryl methyl sites for hydroxylation is 1. The van der Waals surface area contributed by atoms with E-state index in [1.807, 2.05) is 0 Å². The lowest BCUT2D eigenvalue weighted by Crippen LogP contribution is -2.37. The molecular formula is C29H27N3O4. The van der Waals surface area contributed by atoms with E-state index in [0.717, 1.165) is 17.7 Å². The molecule has 2 N–H and O–H groups in total. The number of carbonyl (C=O) groups excluding carboxylic acids is 4. The third-order valence-corrected chi connectivity index (χ3v) is 6.70. The van der Waals surface area contributed by atoms with E-state index in [1.54, 1.807) is 0 Å². The van der Waals surface area contributed by atoms with Gasteiger partial charge < -0.3 is 10.6 Å². The summed E-state index contributed by atoms with van der Waals surface area (Å²) in [4.78, 5) is 48.2. The average Bonchev–Trinajstić information content (AvgIpc) is 3.21. The molecule has 5 rings (SSSR count). The van der Waals surface area contributed by atoms with Crippen LogP contribution >= 0.6 is 0 Å². The highest BCUT2D eigenvalue weighted by atomic mass is 16.2. The van der Waals surface area contributed by atoms with Crippen LogP contribution in [0.15, 0.2) is 66.7 Å². The number of carbonyl (C=O) groups is 4. The Morgan fingerprint density at radius 2 is 1.28 bits per heavy atom. The number of hydrogen-bond acceptors (Lipinski definition) is 4. The highest BCUT2D eigenvalue weighted by Crippen LogP contribution is 2.36. The molecule has 0 radical (unpaired) electrons. The largest absolute Gasteiger partial charge is 0.354 e. The van der Waals surface area contributed by atoms with Gasteiger partial charge in [-0.05, 0) is 50.7 Å². The molecule has 7 nitrogen and oxygen atoms in total. The van der Waals surface area contributed by atoms with Crippen LogP contribution in [-0.4, -0.2) is 48.2 Å². The number of benzene rings is 4. The second kappa shape index (κ2) is 10.2. The third kappa shape index (κ3) is 4.77. The normalized spacial score (nSPS) is 13.4. The van der Waals surface area contributed by atoms with E-state index >= 15 is 0 Å². The summed E-state index contributed by atoms with van der Waals surface area (Å²) >= 11 is 0. The summed E-state index contributed by atoms with van der Waals surface area (Å²) in [5, 5.41) is 13.1. The zero-order valence-corrected chi connectivity index (χ0v) is 19.9. The third-order valence-electron chi connectivity index (χ3n) is 6.70. The molecule has 0 saturated carbocycles. The Bertz CT molecular complexity index is 1470. The Morgan fingerprint density at radius 3 is 1.97 bits per heavy atom. The van der Waals surface area contributed by atoms with Crippen molar-refractivity contribution < 1.29 is 19.2 Å². The lowest BCUT2D eigenvalue weighted by Gasteiger charge is -2.14. The molecule has 4 amide bonds. The van der Waals surface area contributed by atoms with Crippen LogP contribution in [0, 0.1) is 0 Å². The molecular weight excluding hydrogens is 454 g/mol. The number of amides is 4. The van der Waals surface area contributed by atoms with E-state index in [4.69, 9.17) is 0 Å². The van der Waals surface area contributed by atoms with E-state index in [9.17, 15) is 19.2 Å². The van der Waals surface area contributed by atoms with Crippen LogP contribution in [0.25, 0.3) is 32.3 Å². The maximum absolute atomic E-state index is 12.3. The Balaban J connectivity index is 1.07. The lowest BCUT2D eigenvalue weighted by atomic mass is 9.90. The lowest BCUT2D eigenvalue weighted by molar-refractivity contribution is -0.137. The zero-order valence-electron chi connectivity index (χ0n) is 19.9. The molecule has 1 heterocycles. The predicted octanol–water partition coefficient (Wildman–Crippen LogP) is 3.45. The van der Waals surface area contributed by atoms with E-state index in [2.05, 4.69) is 65.2 Å². The van der Waals surface area contributed by atoms with Crippen molar-refractivity contribution in [2.45, 2.75) is 25.7 Å². The molecule has 4 aromatic carbocycles. The summed E-state index contributed by atoms with van der Waals surface area (Å²) in [6, 6.07) is 19.4. The zero-order chi connectivity index (χ0) is 25.1. The van der Waals surface area contributed by atoms with Gasteiger partial charge in [0.2, 0.25) is 11.8 Å². The van der Waals surface area contributed by atoms with Gasteiger partial charge in [-0.25, -0.2) is 0 Å². The van der Waals surface area contributed by atoms with Crippen LogP contribution in [0.4, 0.5) is 0 Å². The minimum atomic E-state index is -0.401. The summed E-state index contributed by atoms with van der Waals surface area (Å²) in [5.41, 5.74) is 1.24. The fourth-order valence-electron chi connectivity index (χ4n) is 4.90. The Hall–Kier alpha value is -4.26. The second-order valence-corrected chi connectivity index (χ2v) is 9.05. The van der Waals surface area contributed by atoms with Gasteiger partial charge in [-0.2, -0.15) is 0 Å². The van der Waals surface area contributed by atoms with Crippen molar-refractivity contribution in [2.24, 2.45) is 0 Å². The standard InChI is InChI=1S/C29H27N3O4/c33-24(30-16-17-31-25(34)15-18-32-26(35)13-14-27(32)36)6-2-3-19-7-8-22-10-9-20-4-1-5-21-11-12-23(19)29(22)28(20)21/h1,4-5,7-14H,2-3,6,15-18H2,(H,30,33)(H,31,34). The van der Waals surface area contributed by atoms with E-state index in [-0.39, 0.29) is 24.8 Å². The van der Waals surface area contributed by atoms with Crippen molar-refractivity contribution in [3.63, 3.8) is 0 Å². The summed E-state index contributed by atoms with van der Waals surface area (Å²) in [6.07, 6.45) is 4.36. The van der Waals surface area contributed by atoms with Crippen molar-refractivity contribution in [1.82, 2.24) is 15.5 Å². The first-order valence-corrected chi connectivity index (χ1v) is 12.2. The first-order chi connectivity index (χ1) is 17.5. The fourth-order valence-corrected chi connectivity index (χ4v) is 4.90. The SMILES string of the molecule is O=C(CCCc1ccc2ccc3cccc4ccc1c2c34)NCCNC(=O)CCN1C(=O)C=CC1=O. The molecule has 4 aromatic rings. The van der Waals surface area contributed by atoms with Gasteiger partial charge in [0.15, 0.2) is 0 Å². The minimum Gasteiger partial charge on any atom is -0.354 e. The molecule has 0 aromatic heterocycles. The second-order valence-electron chi connectivity index (χ2n) is 9.05. The van der Waals surface area contributed by atoms with E-state index in [0.29, 0.717) is 19.5 Å². The maximum atomic E-state index is 12.3. The van der Waals surface area contributed by atoms with Crippen LogP contribution in [0.3, 0.4) is 0 Å². The summed E-state index contributed by atoms with van der Waals surface area (Å²) in [5.74, 6) is -1.13. The molecule has 0 unspecified atom stereocenters. The maximum Gasteiger partial charge on any atom is 0.253 e. The first-order valence-electron chi connectivity index (χ1n) is 12.2. The summed E-state index contributed by atoms with van der Waals surface area (Å²) in [7, 11) is 0. The van der Waals surface area contributed by atoms with Crippen molar-refractivity contribution in [3.8, 4) is 0 Å². The van der Waals surface area contributed by atoms with Crippen LogP contribution in [-0.2, 0) is 25.6 Å². The van der Waals surface area contributed by atoms with Crippen molar-refractivity contribution in [1.29, 1.82) is 0 Å². The molecule has 36 heavy (non-hydrogen) atoms. The van der Waals surface area contributed by atoms with Crippen molar-refractivity contribution in [2.75, 3.05) is 19.6 Å². The topological polar surface area (TPSA) is 95.6 Å². The van der Waals surface area contributed by atoms with Crippen LogP contribution in [0.2, 0.25) is 0 Å². The monoisotopic (exact) mass is 481 g/mol. The molecule has 0 atom stereocenters. The quantitative estimate of drug-likeness (QED) is 0.206. The van der Waals surface area contributed by atoms with Crippen LogP contribution in [0.5, 0.6) is 0 Å². The van der Waals surface area contributed by atoms with Gasteiger partial charge in [-0.3, -0.25) is 24.1 Å². The molecule has 7 heteroatoms. The number of nitrogens with zero attached hydrogens (tertiary/aromatic N) is 1. The van der Waals surface area contributed by atoms with Crippen molar-refractivity contribution in [3.05, 3.63) is 72.3 Å².